The van der Waals surface area contributed by atoms with Gasteiger partial charge in [0.1, 0.15) is 5.76 Å². The molecule has 0 aliphatic heterocycles. The molecular formula is C13H22N2O. The molecule has 1 saturated carbocycles. The van der Waals surface area contributed by atoms with Gasteiger partial charge in [0, 0.05) is 24.9 Å². The predicted octanol–water partition coefficient (Wildman–Crippen LogP) is 2.87. The molecule has 0 saturated heterocycles. The summed E-state index contributed by atoms with van der Waals surface area (Å²) in [5.74, 6) is 2.63. The maximum atomic E-state index is 5.80. The van der Waals surface area contributed by atoms with Crippen LogP contribution in [0.1, 0.15) is 57.1 Å². The van der Waals surface area contributed by atoms with Crippen molar-refractivity contribution < 1.29 is 4.42 Å². The van der Waals surface area contributed by atoms with Crippen molar-refractivity contribution in [3.8, 4) is 0 Å². The van der Waals surface area contributed by atoms with E-state index in [0.717, 1.165) is 24.6 Å². The average Bonchev–Trinajstić information content (AvgIpc) is 2.85. The van der Waals surface area contributed by atoms with Crippen LogP contribution in [0.15, 0.2) is 10.6 Å². The molecule has 1 aromatic heterocycles. The monoisotopic (exact) mass is 222 g/mol. The van der Waals surface area contributed by atoms with E-state index >= 15 is 0 Å². The normalized spacial score (nSPS) is 17.4. The third-order valence-corrected chi connectivity index (χ3v) is 3.22. The lowest BCUT2D eigenvalue weighted by Crippen LogP contribution is -2.24. The first-order valence-corrected chi connectivity index (χ1v) is 6.43. The standard InChI is InChI=1S/C13H22N2O/c1-10(2)14-8-7-13-15-9-12(16-13)11-5-3-4-6-11/h9-11,14H,3-8H2,1-2H3. The number of nitrogens with zero attached hydrogens (tertiary/aromatic N) is 1. The molecule has 1 aliphatic carbocycles. The van der Waals surface area contributed by atoms with Crippen molar-refractivity contribution in [3.63, 3.8) is 0 Å². The Morgan fingerprint density at radius 3 is 2.88 bits per heavy atom. The predicted molar refractivity (Wildman–Crippen MR) is 64.6 cm³/mol. The third-order valence-electron chi connectivity index (χ3n) is 3.22. The molecule has 1 N–H and O–H groups in total. The Balaban J connectivity index is 1.82. The fraction of sp³-hybridized carbons (Fsp3) is 0.769. The van der Waals surface area contributed by atoms with E-state index in [1.165, 1.54) is 25.7 Å². The fourth-order valence-electron chi connectivity index (χ4n) is 2.31. The molecule has 2 rings (SSSR count). The first-order chi connectivity index (χ1) is 7.75. The van der Waals surface area contributed by atoms with E-state index in [2.05, 4.69) is 24.1 Å². The molecule has 0 spiro atoms. The van der Waals surface area contributed by atoms with E-state index in [0.29, 0.717) is 12.0 Å². The highest BCUT2D eigenvalue weighted by atomic mass is 16.4. The lowest BCUT2D eigenvalue weighted by atomic mass is 10.1. The molecule has 3 heteroatoms. The minimum Gasteiger partial charge on any atom is -0.445 e. The Labute approximate surface area is 97.6 Å². The van der Waals surface area contributed by atoms with Crippen molar-refractivity contribution in [2.24, 2.45) is 0 Å². The Hall–Kier alpha value is -0.830. The SMILES string of the molecule is CC(C)NCCc1ncc(C2CCCC2)o1. The summed E-state index contributed by atoms with van der Waals surface area (Å²) >= 11 is 0. The molecule has 1 heterocycles. The third kappa shape index (κ3) is 3.08. The number of aromatic nitrogens is 1. The zero-order chi connectivity index (χ0) is 11.4. The molecule has 16 heavy (non-hydrogen) atoms. The van der Waals surface area contributed by atoms with Gasteiger partial charge in [-0.2, -0.15) is 0 Å². The lowest BCUT2D eigenvalue weighted by Gasteiger charge is -2.06. The topological polar surface area (TPSA) is 38.1 Å². The van der Waals surface area contributed by atoms with Gasteiger partial charge in [0.2, 0.25) is 0 Å². The first kappa shape index (κ1) is 11.6. The summed E-state index contributed by atoms with van der Waals surface area (Å²) in [6, 6.07) is 0.532. The second-order valence-electron chi connectivity index (χ2n) is 5.00. The molecule has 1 fully saturated rings. The highest BCUT2D eigenvalue weighted by Gasteiger charge is 2.20. The number of nitrogens with one attached hydrogen (secondary N) is 1. The van der Waals surface area contributed by atoms with Crippen molar-refractivity contribution in [3.05, 3.63) is 17.8 Å². The van der Waals surface area contributed by atoms with Crippen LogP contribution in [0.4, 0.5) is 0 Å². The van der Waals surface area contributed by atoms with E-state index in [9.17, 15) is 0 Å². The van der Waals surface area contributed by atoms with Gasteiger partial charge in [-0.1, -0.05) is 26.7 Å². The van der Waals surface area contributed by atoms with Gasteiger partial charge in [-0.15, -0.1) is 0 Å². The smallest absolute Gasteiger partial charge is 0.195 e. The van der Waals surface area contributed by atoms with E-state index < -0.39 is 0 Å². The average molecular weight is 222 g/mol. The number of hydrogen-bond acceptors (Lipinski definition) is 3. The van der Waals surface area contributed by atoms with Gasteiger partial charge in [0.25, 0.3) is 0 Å². The van der Waals surface area contributed by atoms with E-state index in [1.807, 2.05) is 6.20 Å². The first-order valence-electron chi connectivity index (χ1n) is 6.43. The van der Waals surface area contributed by atoms with Crippen LogP contribution in [-0.2, 0) is 6.42 Å². The minimum atomic E-state index is 0.532. The molecule has 0 bridgehead atoms. The van der Waals surface area contributed by atoms with Crippen LogP contribution in [0.3, 0.4) is 0 Å². The molecule has 0 amide bonds. The summed E-state index contributed by atoms with van der Waals surface area (Å²) in [5, 5.41) is 3.37. The van der Waals surface area contributed by atoms with Crippen molar-refractivity contribution >= 4 is 0 Å². The van der Waals surface area contributed by atoms with Gasteiger partial charge in [-0.05, 0) is 12.8 Å². The fourth-order valence-corrected chi connectivity index (χ4v) is 2.31. The number of hydrogen-bond donors (Lipinski definition) is 1. The van der Waals surface area contributed by atoms with Crippen LogP contribution < -0.4 is 5.32 Å². The molecule has 0 aromatic carbocycles. The summed E-state index contributed by atoms with van der Waals surface area (Å²) in [6.07, 6.45) is 8.06. The summed E-state index contributed by atoms with van der Waals surface area (Å²) in [6.45, 7) is 5.25. The minimum absolute atomic E-state index is 0.532. The van der Waals surface area contributed by atoms with Crippen LogP contribution in [0.2, 0.25) is 0 Å². The highest BCUT2D eigenvalue weighted by molar-refractivity contribution is 5.03. The largest absolute Gasteiger partial charge is 0.445 e. The molecule has 3 nitrogen and oxygen atoms in total. The van der Waals surface area contributed by atoms with E-state index in [1.54, 1.807) is 0 Å². The summed E-state index contributed by atoms with van der Waals surface area (Å²) < 4.78 is 5.80. The molecule has 0 unspecified atom stereocenters. The van der Waals surface area contributed by atoms with Crippen molar-refractivity contribution in [1.29, 1.82) is 0 Å². The van der Waals surface area contributed by atoms with Crippen molar-refractivity contribution in [2.45, 2.75) is 57.9 Å². The molecule has 0 atom stereocenters. The van der Waals surface area contributed by atoms with Gasteiger partial charge in [-0.3, -0.25) is 0 Å². The summed E-state index contributed by atoms with van der Waals surface area (Å²) in [5.41, 5.74) is 0. The van der Waals surface area contributed by atoms with Crippen LogP contribution in [0.5, 0.6) is 0 Å². The number of rotatable bonds is 5. The Bertz CT molecular complexity index is 313. The van der Waals surface area contributed by atoms with Crippen LogP contribution in [0, 0.1) is 0 Å². The molecular weight excluding hydrogens is 200 g/mol. The molecule has 1 aromatic rings. The van der Waals surface area contributed by atoms with Crippen LogP contribution in [-0.4, -0.2) is 17.6 Å². The molecule has 90 valence electrons. The maximum Gasteiger partial charge on any atom is 0.195 e. The quantitative estimate of drug-likeness (QED) is 0.832. The molecule has 1 aliphatic rings. The lowest BCUT2D eigenvalue weighted by molar-refractivity contribution is 0.417. The molecule has 0 radical (unpaired) electrons. The Kier molecular flexibility index (Phi) is 3.99. The van der Waals surface area contributed by atoms with Gasteiger partial charge >= 0.3 is 0 Å². The van der Waals surface area contributed by atoms with Crippen molar-refractivity contribution in [1.82, 2.24) is 10.3 Å². The van der Waals surface area contributed by atoms with Gasteiger partial charge in [0.05, 0.1) is 6.20 Å². The zero-order valence-corrected chi connectivity index (χ0v) is 10.3. The Morgan fingerprint density at radius 1 is 1.44 bits per heavy atom. The zero-order valence-electron chi connectivity index (χ0n) is 10.3. The van der Waals surface area contributed by atoms with Crippen molar-refractivity contribution in [2.75, 3.05) is 6.54 Å². The van der Waals surface area contributed by atoms with Gasteiger partial charge in [-0.25, -0.2) is 4.98 Å². The summed E-state index contributed by atoms with van der Waals surface area (Å²) in [4.78, 5) is 4.35. The maximum absolute atomic E-state index is 5.80. The van der Waals surface area contributed by atoms with E-state index in [-0.39, 0.29) is 0 Å². The van der Waals surface area contributed by atoms with E-state index in [4.69, 9.17) is 4.42 Å². The number of oxazole rings is 1. The van der Waals surface area contributed by atoms with Crippen LogP contribution >= 0.6 is 0 Å². The second kappa shape index (κ2) is 5.48. The highest BCUT2D eigenvalue weighted by Crippen LogP contribution is 2.34. The van der Waals surface area contributed by atoms with Crippen LogP contribution in [0.25, 0.3) is 0 Å². The van der Waals surface area contributed by atoms with Gasteiger partial charge < -0.3 is 9.73 Å². The van der Waals surface area contributed by atoms with Gasteiger partial charge in [0.15, 0.2) is 5.89 Å². The summed E-state index contributed by atoms with van der Waals surface area (Å²) in [7, 11) is 0. The second-order valence-corrected chi connectivity index (χ2v) is 5.00. The Morgan fingerprint density at radius 2 is 2.19 bits per heavy atom.